The van der Waals surface area contributed by atoms with Gasteiger partial charge in [0.25, 0.3) is 5.91 Å². The van der Waals surface area contributed by atoms with E-state index >= 15 is 0 Å². The first-order chi connectivity index (χ1) is 10.5. The van der Waals surface area contributed by atoms with E-state index in [1.807, 2.05) is 13.8 Å². The molecule has 0 saturated carbocycles. The number of halogens is 2. The largest absolute Gasteiger partial charge is 0.481 e. The van der Waals surface area contributed by atoms with Crippen LogP contribution in [0.15, 0.2) is 52.1 Å². The topological polar surface area (TPSA) is 43.6 Å². The van der Waals surface area contributed by atoms with Gasteiger partial charge in [-0.15, -0.1) is 0 Å². The molecule has 1 aromatic heterocycles. The molecule has 0 spiro atoms. The third-order valence-electron chi connectivity index (χ3n) is 2.74. The summed E-state index contributed by atoms with van der Waals surface area (Å²) in [4.78, 5) is 16.6. The van der Waals surface area contributed by atoms with Crippen LogP contribution in [0, 0.1) is 5.82 Å². The van der Waals surface area contributed by atoms with Crippen LogP contribution in [0.2, 0.25) is 0 Å². The molecule has 6 heteroatoms. The van der Waals surface area contributed by atoms with Gasteiger partial charge in [0.2, 0.25) is 0 Å². The lowest BCUT2D eigenvalue weighted by Crippen LogP contribution is -2.31. The van der Waals surface area contributed by atoms with Crippen molar-refractivity contribution in [1.29, 1.82) is 0 Å². The predicted octanol–water partition coefficient (Wildman–Crippen LogP) is 3.42. The van der Waals surface area contributed by atoms with E-state index in [1.54, 1.807) is 30.5 Å². The molecule has 4 nitrogen and oxygen atoms in total. The second-order valence-electron chi connectivity index (χ2n) is 4.91. The summed E-state index contributed by atoms with van der Waals surface area (Å²) in [6.07, 6.45) is 1.62. The van der Waals surface area contributed by atoms with E-state index in [-0.39, 0.29) is 24.3 Å². The smallest absolute Gasteiger partial charge is 0.270 e. The molecule has 22 heavy (non-hydrogen) atoms. The quantitative estimate of drug-likeness (QED) is 0.831. The summed E-state index contributed by atoms with van der Waals surface area (Å²) in [5.74, 6) is -0.801. The van der Waals surface area contributed by atoms with Crippen molar-refractivity contribution in [2.24, 2.45) is 4.99 Å². The van der Waals surface area contributed by atoms with Gasteiger partial charge in [-0.3, -0.25) is 14.4 Å². The Morgan fingerprint density at radius 1 is 1.36 bits per heavy atom. The number of hydrogen-bond donors (Lipinski definition) is 0. The van der Waals surface area contributed by atoms with Gasteiger partial charge >= 0.3 is 0 Å². The molecule has 2 rings (SSSR count). The molecule has 0 radical (unpaired) electrons. The second kappa shape index (κ2) is 7.35. The van der Waals surface area contributed by atoms with E-state index in [0.717, 1.165) is 0 Å². The third kappa shape index (κ3) is 4.27. The predicted molar refractivity (Wildman–Crippen MR) is 85.4 cm³/mol. The van der Waals surface area contributed by atoms with Gasteiger partial charge in [0.1, 0.15) is 5.49 Å². The number of aromatic nitrogens is 1. The van der Waals surface area contributed by atoms with Gasteiger partial charge in [-0.1, -0.05) is 22.0 Å². The molecule has 0 N–H and O–H groups in total. The van der Waals surface area contributed by atoms with Crippen molar-refractivity contribution in [3.8, 4) is 5.75 Å². The fraction of sp³-hybridized carbons (Fsp3) is 0.250. The summed E-state index contributed by atoms with van der Waals surface area (Å²) in [6, 6.07) is 9.76. The number of carbonyl (C=O) groups excluding carboxylic acids is 1. The first kappa shape index (κ1) is 16.4. The standard InChI is InChI=1S/C16H16BrFN2O2/c1-11(2)19-15-5-3-4-8-20(15)16(21)10-22-14-7-6-12(17)9-13(14)18/h3-9,11H,10H2,1-2H3. The van der Waals surface area contributed by atoms with Crippen molar-refractivity contribution in [2.75, 3.05) is 6.61 Å². The lowest BCUT2D eigenvalue weighted by Gasteiger charge is -2.09. The van der Waals surface area contributed by atoms with Crippen LogP contribution in [0.3, 0.4) is 0 Å². The number of hydrogen-bond acceptors (Lipinski definition) is 3. The molecule has 0 aliphatic carbocycles. The molecular formula is C16H16BrFN2O2. The number of carbonyl (C=O) groups is 1. The highest BCUT2D eigenvalue weighted by Gasteiger charge is 2.09. The lowest BCUT2D eigenvalue weighted by atomic mass is 10.3. The van der Waals surface area contributed by atoms with E-state index in [4.69, 9.17) is 4.74 Å². The van der Waals surface area contributed by atoms with Crippen LogP contribution in [-0.4, -0.2) is 23.1 Å². The average Bonchev–Trinajstić information content (AvgIpc) is 2.46. The summed E-state index contributed by atoms with van der Waals surface area (Å²) in [5, 5.41) is 0. The van der Waals surface area contributed by atoms with Gasteiger partial charge in [-0.05, 0) is 44.2 Å². The van der Waals surface area contributed by atoms with E-state index in [9.17, 15) is 9.18 Å². The molecular weight excluding hydrogens is 351 g/mol. The molecule has 1 heterocycles. The monoisotopic (exact) mass is 366 g/mol. The normalized spacial score (nSPS) is 11.8. The van der Waals surface area contributed by atoms with Gasteiger partial charge < -0.3 is 4.74 Å². The molecule has 0 atom stereocenters. The Balaban J connectivity index is 2.17. The van der Waals surface area contributed by atoms with Crippen LogP contribution in [0.4, 0.5) is 4.39 Å². The molecule has 0 saturated heterocycles. The van der Waals surface area contributed by atoms with Gasteiger partial charge in [-0.25, -0.2) is 4.39 Å². The molecule has 0 amide bonds. The van der Waals surface area contributed by atoms with Crippen molar-refractivity contribution in [1.82, 2.24) is 4.57 Å². The zero-order chi connectivity index (χ0) is 16.1. The van der Waals surface area contributed by atoms with E-state index < -0.39 is 5.82 Å². The van der Waals surface area contributed by atoms with Crippen molar-refractivity contribution in [3.63, 3.8) is 0 Å². The van der Waals surface area contributed by atoms with Crippen molar-refractivity contribution >= 4 is 21.8 Å². The Labute approximate surface area is 136 Å². The number of rotatable bonds is 4. The van der Waals surface area contributed by atoms with Crippen LogP contribution in [-0.2, 0) is 0 Å². The van der Waals surface area contributed by atoms with Gasteiger partial charge in [0.05, 0.1) is 0 Å². The third-order valence-corrected chi connectivity index (χ3v) is 3.24. The molecule has 0 aliphatic heterocycles. The van der Waals surface area contributed by atoms with Crippen molar-refractivity contribution < 1.29 is 13.9 Å². The summed E-state index contributed by atoms with van der Waals surface area (Å²) < 4.78 is 20.9. The summed E-state index contributed by atoms with van der Waals surface area (Å²) in [7, 11) is 0. The van der Waals surface area contributed by atoms with Crippen molar-refractivity contribution in [2.45, 2.75) is 19.9 Å². The van der Waals surface area contributed by atoms with Gasteiger partial charge in [0, 0.05) is 16.7 Å². The van der Waals surface area contributed by atoms with Crippen LogP contribution in [0.1, 0.15) is 18.6 Å². The second-order valence-corrected chi connectivity index (χ2v) is 5.82. The van der Waals surface area contributed by atoms with E-state index in [1.165, 1.54) is 16.7 Å². The highest BCUT2D eigenvalue weighted by Crippen LogP contribution is 2.21. The highest BCUT2D eigenvalue weighted by atomic mass is 79.9. The molecule has 0 fully saturated rings. The van der Waals surface area contributed by atoms with E-state index in [2.05, 4.69) is 20.9 Å². The van der Waals surface area contributed by atoms with Crippen LogP contribution in [0.25, 0.3) is 0 Å². The molecule has 0 bridgehead atoms. The maximum atomic E-state index is 13.7. The molecule has 1 aromatic carbocycles. The van der Waals surface area contributed by atoms with Crippen LogP contribution >= 0.6 is 15.9 Å². The van der Waals surface area contributed by atoms with Crippen LogP contribution < -0.4 is 10.2 Å². The minimum Gasteiger partial charge on any atom is -0.481 e. The maximum Gasteiger partial charge on any atom is 0.270 e. The number of pyridine rings is 1. The minimum absolute atomic E-state index is 0.0374. The fourth-order valence-corrected chi connectivity index (χ4v) is 2.15. The highest BCUT2D eigenvalue weighted by molar-refractivity contribution is 9.10. The average molecular weight is 367 g/mol. The van der Waals surface area contributed by atoms with E-state index in [0.29, 0.717) is 9.96 Å². The van der Waals surface area contributed by atoms with Crippen molar-refractivity contribution in [3.05, 3.63) is 58.4 Å². The zero-order valence-electron chi connectivity index (χ0n) is 12.3. The summed E-state index contributed by atoms with van der Waals surface area (Å²) in [5.41, 5.74) is 0.544. The summed E-state index contributed by atoms with van der Waals surface area (Å²) in [6.45, 7) is 3.58. The van der Waals surface area contributed by atoms with Gasteiger partial charge in [0.15, 0.2) is 18.2 Å². The van der Waals surface area contributed by atoms with Gasteiger partial charge in [-0.2, -0.15) is 0 Å². The Hall–Kier alpha value is -1.95. The number of ether oxygens (including phenoxy) is 1. The maximum absolute atomic E-state index is 13.7. The molecule has 2 aromatic rings. The Morgan fingerprint density at radius 2 is 2.14 bits per heavy atom. The molecule has 0 aliphatic rings. The Kier molecular flexibility index (Phi) is 5.49. The Morgan fingerprint density at radius 3 is 2.82 bits per heavy atom. The molecule has 0 unspecified atom stereocenters. The zero-order valence-corrected chi connectivity index (χ0v) is 13.9. The number of nitrogens with zero attached hydrogens (tertiary/aromatic N) is 2. The first-order valence-corrected chi connectivity index (χ1v) is 7.59. The van der Waals surface area contributed by atoms with Crippen LogP contribution in [0.5, 0.6) is 5.75 Å². The SMILES string of the molecule is CC(C)N=c1ccccn1C(=O)COc1ccc(Br)cc1F. The molecule has 116 valence electrons. The fourth-order valence-electron chi connectivity index (χ4n) is 1.82. The lowest BCUT2D eigenvalue weighted by molar-refractivity contribution is 0.0829. The summed E-state index contributed by atoms with van der Waals surface area (Å²) >= 11 is 3.17. The Bertz CT molecular complexity index is 741. The first-order valence-electron chi connectivity index (χ1n) is 6.80. The minimum atomic E-state index is -0.521. The number of benzene rings is 1.